The monoisotopic (exact) mass is 666 g/mol. The van der Waals surface area contributed by atoms with Crippen LogP contribution < -0.4 is 14.8 Å². The van der Waals surface area contributed by atoms with Gasteiger partial charge in [-0.05, 0) is 46.0 Å². The number of hydrogen-bond acceptors (Lipinski definition) is 4. The lowest BCUT2D eigenvalue weighted by atomic mass is 9.77. The van der Waals surface area contributed by atoms with E-state index in [1.807, 2.05) is 33.9 Å². The zero-order valence-corrected chi connectivity index (χ0v) is 27.3. The summed E-state index contributed by atoms with van der Waals surface area (Å²) in [5, 5.41) is 2.59. The number of ether oxygens (including phenoxy) is 2. The maximum Gasteiger partial charge on any atom is 0.461 e. The van der Waals surface area contributed by atoms with Crippen LogP contribution in [0.4, 0.5) is 26.3 Å². The Hall–Kier alpha value is -4.00. The summed E-state index contributed by atoms with van der Waals surface area (Å²) >= 11 is 0. The maximum atomic E-state index is 15.3. The highest BCUT2D eigenvalue weighted by atomic mass is 28.3. The second-order valence-electron chi connectivity index (χ2n) is 12.8. The van der Waals surface area contributed by atoms with E-state index in [4.69, 9.17) is 4.74 Å². The van der Waals surface area contributed by atoms with E-state index in [1.54, 1.807) is 34.9 Å². The number of methoxy groups -OCH3 is 1. The van der Waals surface area contributed by atoms with Gasteiger partial charge in [-0.25, -0.2) is 8.78 Å². The molecule has 1 heterocycles. The van der Waals surface area contributed by atoms with Gasteiger partial charge in [-0.2, -0.15) is 17.6 Å². The van der Waals surface area contributed by atoms with Gasteiger partial charge in [0, 0.05) is 12.5 Å². The third-order valence-corrected chi connectivity index (χ3v) is 14.3. The van der Waals surface area contributed by atoms with Crippen molar-refractivity contribution in [3.63, 3.8) is 0 Å². The lowest BCUT2D eigenvalue weighted by Gasteiger charge is -2.54. The van der Waals surface area contributed by atoms with Gasteiger partial charge >= 0.3 is 12.5 Å². The van der Waals surface area contributed by atoms with Crippen LogP contribution in [0, 0.1) is 11.6 Å². The Bertz CT molecular complexity index is 1600. The molecule has 13 heteroatoms. The number of carbonyl (C=O) groups is 2. The highest BCUT2D eigenvalue weighted by Crippen LogP contribution is 2.44. The van der Waals surface area contributed by atoms with E-state index in [9.17, 15) is 27.2 Å². The number of halogens is 6. The van der Waals surface area contributed by atoms with E-state index in [-0.39, 0.29) is 40.7 Å². The number of hydrogen-bond donors (Lipinski definition) is 1. The van der Waals surface area contributed by atoms with Gasteiger partial charge in [0.2, 0.25) is 11.8 Å². The molecule has 2 atom stereocenters. The third-order valence-electron chi connectivity index (χ3n) is 8.85. The molecule has 1 aliphatic rings. The van der Waals surface area contributed by atoms with Crippen LogP contribution in [0.25, 0.3) is 0 Å². The van der Waals surface area contributed by atoms with Crippen LogP contribution in [0.15, 0.2) is 66.7 Å². The van der Waals surface area contributed by atoms with Gasteiger partial charge < -0.3 is 19.4 Å². The van der Waals surface area contributed by atoms with E-state index in [0.29, 0.717) is 11.6 Å². The van der Waals surface area contributed by atoms with Gasteiger partial charge in [-0.3, -0.25) is 9.59 Å². The van der Waals surface area contributed by atoms with Gasteiger partial charge in [0.25, 0.3) is 0 Å². The first-order chi connectivity index (χ1) is 21.3. The largest absolute Gasteiger partial charge is 0.494 e. The van der Waals surface area contributed by atoms with E-state index >= 15 is 8.78 Å². The van der Waals surface area contributed by atoms with Gasteiger partial charge in [-0.15, -0.1) is 0 Å². The average Bonchev–Trinajstić information content (AvgIpc) is 2.94. The molecule has 3 aromatic carbocycles. The zero-order valence-electron chi connectivity index (χ0n) is 26.3. The summed E-state index contributed by atoms with van der Waals surface area (Å²) < 4.78 is 95.5. The Morgan fingerprint density at radius 3 is 2.20 bits per heavy atom. The molecule has 2 amide bonds. The topological polar surface area (TPSA) is 67.9 Å². The number of alkyl halides is 4. The SMILES string of the molecule is COc1ccc([C@@](Cc2ccccc2)(NC(=O)[C@H]2CC(=O)N2[Si](C)(C)C(C)(C)C)c2cc(F)cc(OC(F)(F)C(F)F)c2)cc1F. The second-order valence-corrected chi connectivity index (χ2v) is 17.9. The highest BCUT2D eigenvalue weighted by Gasteiger charge is 2.55. The van der Waals surface area contributed by atoms with E-state index in [2.05, 4.69) is 10.1 Å². The second kappa shape index (κ2) is 12.7. The van der Waals surface area contributed by atoms with Gasteiger partial charge in [0.15, 0.2) is 19.8 Å². The minimum absolute atomic E-state index is 0.0599. The van der Waals surface area contributed by atoms with Crippen molar-refractivity contribution in [1.82, 2.24) is 9.88 Å². The molecule has 0 saturated carbocycles. The van der Waals surface area contributed by atoms with Crippen molar-refractivity contribution in [1.29, 1.82) is 0 Å². The van der Waals surface area contributed by atoms with Crippen molar-refractivity contribution in [2.75, 3.05) is 7.11 Å². The van der Waals surface area contributed by atoms with E-state index in [1.165, 1.54) is 19.2 Å². The Morgan fingerprint density at radius 2 is 1.65 bits per heavy atom. The van der Waals surface area contributed by atoms with Crippen LogP contribution in [-0.2, 0) is 21.5 Å². The number of benzene rings is 3. The van der Waals surface area contributed by atoms with Crippen LogP contribution in [0.1, 0.15) is 43.9 Å². The molecule has 1 fully saturated rings. The molecule has 0 bridgehead atoms. The summed E-state index contributed by atoms with van der Waals surface area (Å²) in [7, 11) is -1.33. The van der Waals surface area contributed by atoms with Gasteiger partial charge in [0.05, 0.1) is 19.1 Å². The number of amides is 2. The fraction of sp³-hybridized carbons (Fsp3) is 0.394. The quantitative estimate of drug-likeness (QED) is 0.132. The molecule has 6 nitrogen and oxygen atoms in total. The molecule has 3 aromatic rings. The van der Waals surface area contributed by atoms with Gasteiger partial charge in [-0.1, -0.05) is 70.3 Å². The van der Waals surface area contributed by atoms with Crippen molar-refractivity contribution in [3.05, 3.63) is 95.1 Å². The summed E-state index contributed by atoms with van der Waals surface area (Å²) in [6.07, 6.45) is -9.46. The standard InChI is InChI=1S/C33H36F6N2O4Si/c1-31(2,3)46(5,6)41-26(18-28(41)42)29(43)40-32(19-20-10-8-7-9-11-20,21-12-13-27(44-4)25(35)16-21)22-14-23(34)17-24(15-22)45-33(38,39)30(36)37/h7-17,26,30H,18-19H2,1-6H3,(H,40,43)/t26-,32-/m1/s1. The van der Waals surface area contributed by atoms with Crippen molar-refractivity contribution < 1.29 is 45.4 Å². The molecule has 0 radical (unpaired) electrons. The molecule has 0 spiro atoms. The smallest absolute Gasteiger partial charge is 0.461 e. The predicted molar refractivity (Wildman–Crippen MR) is 162 cm³/mol. The van der Waals surface area contributed by atoms with Crippen molar-refractivity contribution >= 4 is 20.0 Å². The first kappa shape index (κ1) is 34.9. The Morgan fingerprint density at radius 1 is 1.00 bits per heavy atom. The Kier molecular flexibility index (Phi) is 9.59. The van der Waals surface area contributed by atoms with Crippen molar-refractivity contribution in [2.45, 2.75) is 75.9 Å². The fourth-order valence-corrected chi connectivity index (χ4v) is 7.87. The third kappa shape index (κ3) is 6.74. The molecule has 1 N–H and O–H groups in total. The summed E-state index contributed by atoms with van der Waals surface area (Å²) in [5.41, 5.74) is -1.46. The van der Waals surface area contributed by atoms with Crippen LogP contribution in [0.5, 0.6) is 11.5 Å². The van der Waals surface area contributed by atoms with Gasteiger partial charge in [0.1, 0.15) is 17.6 Å². The molecule has 0 aliphatic carbocycles. The molecule has 4 rings (SSSR count). The molecule has 1 saturated heterocycles. The van der Waals surface area contributed by atoms with Crippen LogP contribution in [-0.4, -0.2) is 50.3 Å². The lowest BCUT2D eigenvalue weighted by molar-refractivity contribution is -0.253. The molecule has 46 heavy (non-hydrogen) atoms. The first-order valence-corrected chi connectivity index (χ1v) is 17.5. The van der Waals surface area contributed by atoms with Crippen LogP contribution in [0.2, 0.25) is 18.1 Å². The minimum atomic E-state index is -4.96. The molecule has 0 aromatic heterocycles. The summed E-state index contributed by atoms with van der Waals surface area (Å²) in [6, 6.07) is 13.7. The predicted octanol–water partition coefficient (Wildman–Crippen LogP) is 7.42. The molecule has 248 valence electrons. The number of nitrogens with zero attached hydrogens (tertiary/aromatic N) is 1. The van der Waals surface area contributed by atoms with Crippen molar-refractivity contribution in [2.24, 2.45) is 0 Å². The molecule has 0 unspecified atom stereocenters. The average molecular weight is 667 g/mol. The molecular weight excluding hydrogens is 630 g/mol. The zero-order chi connectivity index (χ0) is 34.2. The number of carbonyl (C=O) groups excluding carboxylic acids is 2. The normalized spacial score (nSPS) is 16.9. The Balaban J connectivity index is 1.95. The Labute approximate surface area is 264 Å². The van der Waals surface area contributed by atoms with Crippen molar-refractivity contribution in [3.8, 4) is 11.5 Å². The number of rotatable bonds is 11. The lowest BCUT2D eigenvalue weighted by Crippen LogP contribution is -2.72. The van der Waals surface area contributed by atoms with E-state index in [0.717, 1.165) is 18.2 Å². The van der Waals surface area contributed by atoms with E-state index < -0.39 is 55.6 Å². The highest BCUT2D eigenvalue weighted by molar-refractivity contribution is 6.80. The summed E-state index contributed by atoms with van der Waals surface area (Å²) in [4.78, 5) is 27.2. The first-order valence-electron chi connectivity index (χ1n) is 14.5. The van der Waals surface area contributed by atoms with Crippen LogP contribution in [0.3, 0.4) is 0 Å². The molecule has 1 aliphatic heterocycles. The summed E-state index contributed by atoms with van der Waals surface area (Å²) in [5.74, 6) is -3.93. The number of nitrogens with one attached hydrogen (secondary N) is 1. The molecular formula is C33H36F6N2O4Si. The minimum Gasteiger partial charge on any atom is -0.494 e. The van der Waals surface area contributed by atoms with Crippen LogP contribution >= 0.6 is 0 Å². The summed E-state index contributed by atoms with van der Waals surface area (Å²) in [6.45, 7) is 9.84. The number of β-lactam (4-membered cyclic amide) rings is 1. The fourth-order valence-electron chi connectivity index (χ4n) is 5.45. The maximum absolute atomic E-state index is 15.3.